The summed E-state index contributed by atoms with van der Waals surface area (Å²) >= 11 is 6.18. The number of halogens is 1. The maximum atomic E-state index is 9.51. The number of aromatic hydroxyl groups is 1. The quantitative estimate of drug-likeness (QED) is 0.444. The zero-order chi connectivity index (χ0) is 16.8. The van der Waals surface area contributed by atoms with Crippen LogP contribution in [0.5, 0.6) is 5.75 Å². The summed E-state index contributed by atoms with van der Waals surface area (Å²) in [7, 11) is 0. The smallest absolute Gasteiger partial charge is 0.196 e. The lowest BCUT2D eigenvalue weighted by Crippen LogP contribution is -2.36. The van der Waals surface area contributed by atoms with E-state index in [9.17, 15) is 5.11 Å². The third kappa shape index (κ3) is 5.18. The molecule has 0 radical (unpaired) electrons. The Balaban J connectivity index is 2.19. The van der Waals surface area contributed by atoms with E-state index in [2.05, 4.69) is 29.5 Å². The summed E-state index contributed by atoms with van der Waals surface area (Å²) in [6.07, 6.45) is 0. The van der Waals surface area contributed by atoms with E-state index in [-0.39, 0.29) is 11.8 Å². The molecule has 3 N–H and O–H groups in total. The highest BCUT2D eigenvalue weighted by Gasteiger charge is 2.06. The fraction of sp³-hybridized carbons (Fsp3) is 0.278. The van der Waals surface area contributed by atoms with E-state index in [4.69, 9.17) is 11.6 Å². The van der Waals surface area contributed by atoms with Gasteiger partial charge >= 0.3 is 0 Å². The van der Waals surface area contributed by atoms with Crippen LogP contribution in [-0.2, 0) is 6.54 Å². The van der Waals surface area contributed by atoms with Crippen molar-refractivity contribution in [2.24, 2.45) is 4.99 Å². The van der Waals surface area contributed by atoms with Crippen molar-refractivity contribution in [2.75, 3.05) is 5.32 Å². The molecule has 2 rings (SSSR count). The Hall–Kier alpha value is -2.20. The summed E-state index contributed by atoms with van der Waals surface area (Å²) in [5, 5.41) is 16.8. The number of nitrogens with zero attached hydrogens (tertiary/aromatic N) is 1. The molecule has 0 aliphatic rings. The van der Waals surface area contributed by atoms with Crippen LogP contribution in [0.4, 0.5) is 5.69 Å². The highest BCUT2D eigenvalue weighted by molar-refractivity contribution is 6.31. The number of aliphatic imine (C=N–C) groups is 1. The van der Waals surface area contributed by atoms with Gasteiger partial charge in [0.1, 0.15) is 5.75 Å². The maximum Gasteiger partial charge on any atom is 0.196 e. The molecule has 0 unspecified atom stereocenters. The van der Waals surface area contributed by atoms with Crippen LogP contribution in [0.25, 0.3) is 0 Å². The third-order valence-electron chi connectivity index (χ3n) is 3.25. The topological polar surface area (TPSA) is 56.6 Å². The first kappa shape index (κ1) is 17.2. The molecule has 0 amide bonds. The highest BCUT2D eigenvalue weighted by Crippen LogP contribution is 2.20. The van der Waals surface area contributed by atoms with Gasteiger partial charge in [0.25, 0.3) is 0 Å². The molecule has 0 atom stereocenters. The third-order valence-corrected chi connectivity index (χ3v) is 3.62. The monoisotopic (exact) mass is 331 g/mol. The molecular formula is C18H22ClN3O. The molecule has 0 saturated carbocycles. The number of guanidine groups is 1. The second-order valence-corrected chi connectivity index (χ2v) is 6.09. The minimum Gasteiger partial charge on any atom is -0.508 e. The van der Waals surface area contributed by atoms with Gasteiger partial charge < -0.3 is 15.7 Å². The van der Waals surface area contributed by atoms with Crippen LogP contribution in [0.1, 0.15) is 25.0 Å². The van der Waals surface area contributed by atoms with Crippen LogP contribution in [0.3, 0.4) is 0 Å². The predicted molar refractivity (Wildman–Crippen MR) is 97.3 cm³/mol. The first-order valence-electron chi connectivity index (χ1n) is 7.56. The fourth-order valence-corrected chi connectivity index (χ4v) is 2.30. The Bertz CT molecular complexity index is 698. The van der Waals surface area contributed by atoms with Gasteiger partial charge in [0.05, 0.1) is 6.54 Å². The molecule has 2 aromatic carbocycles. The number of hydrogen-bond donors (Lipinski definition) is 3. The lowest BCUT2D eigenvalue weighted by Gasteiger charge is -2.17. The molecule has 2 aromatic rings. The molecule has 0 saturated heterocycles. The van der Waals surface area contributed by atoms with Crippen LogP contribution in [-0.4, -0.2) is 17.1 Å². The molecule has 0 aliphatic carbocycles. The van der Waals surface area contributed by atoms with E-state index < -0.39 is 0 Å². The lowest BCUT2D eigenvalue weighted by molar-refractivity contribution is 0.475. The van der Waals surface area contributed by atoms with Crippen molar-refractivity contribution >= 4 is 23.2 Å². The average molecular weight is 332 g/mol. The van der Waals surface area contributed by atoms with E-state index in [0.717, 1.165) is 16.8 Å². The van der Waals surface area contributed by atoms with Crippen molar-refractivity contribution < 1.29 is 5.11 Å². The molecule has 0 aromatic heterocycles. The van der Waals surface area contributed by atoms with Crippen LogP contribution in [0.2, 0.25) is 5.02 Å². The van der Waals surface area contributed by atoms with Crippen molar-refractivity contribution in [3.63, 3.8) is 0 Å². The van der Waals surface area contributed by atoms with Gasteiger partial charge in [-0.15, -0.1) is 0 Å². The Morgan fingerprint density at radius 2 is 1.96 bits per heavy atom. The molecule has 5 heteroatoms. The second-order valence-electron chi connectivity index (χ2n) is 5.68. The molecule has 0 fully saturated rings. The second kappa shape index (κ2) is 7.88. The minimum absolute atomic E-state index is 0.241. The van der Waals surface area contributed by atoms with Gasteiger partial charge in [0.15, 0.2) is 5.96 Å². The van der Waals surface area contributed by atoms with E-state index in [1.54, 1.807) is 12.1 Å². The molecule has 23 heavy (non-hydrogen) atoms. The van der Waals surface area contributed by atoms with Crippen molar-refractivity contribution in [1.82, 2.24) is 5.32 Å². The zero-order valence-corrected chi connectivity index (χ0v) is 14.4. The molecule has 122 valence electrons. The van der Waals surface area contributed by atoms with E-state index in [1.165, 1.54) is 0 Å². The van der Waals surface area contributed by atoms with E-state index in [1.807, 2.05) is 37.3 Å². The number of nitrogens with one attached hydrogen (secondary N) is 2. The number of rotatable bonds is 4. The van der Waals surface area contributed by atoms with Crippen molar-refractivity contribution in [2.45, 2.75) is 33.4 Å². The van der Waals surface area contributed by atoms with Crippen LogP contribution in [0.15, 0.2) is 47.5 Å². The van der Waals surface area contributed by atoms with Gasteiger partial charge in [-0.2, -0.15) is 0 Å². The minimum atomic E-state index is 0.241. The van der Waals surface area contributed by atoms with Crippen molar-refractivity contribution in [3.05, 3.63) is 58.6 Å². The summed E-state index contributed by atoms with van der Waals surface area (Å²) in [6.45, 7) is 6.52. The molecular weight excluding hydrogens is 310 g/mol. The molecule has 0 bridgehead atoms. The van der Waals surface area contributed by atoms with E-state index in [0.29, 0.717) is 17.5 Å². The number of phenolic OH excluding ortho intramolecular Hbond substituents is 1. The van der Waals surface area contributed by atoms with Gasteiger partial charge in [-0.3, -0.25) is 0 Å². The summed E-state index contributed by atoms with van der Waals surface area (Å²) in [5.74, 6) is 0.924. The molecule has 0 heterocycles. The average Bonchev–Trinajstić information content (AvgIpc) is 2.48. The predicted octanol–water partition coefficient (Wildman–Crippen LogP) is 4.32. The summed E-state index contributed by atoms with van der Waals surface area (Å²) in [5.41, 5.74) is 2.82. The first-order valence-corrected chi connectivity index (χ1v) is 7.94. The number of aryl methyl sites for hydroxylation is 1. The summed E-state index contributed by atoms with van der Waals surface area (Å²) in [4.78, 5) is 4.60. The summed E-state index contributed by atoms with van der Waals surface area (Å²) < 4.78 is 0. The van der Waals surface area contributed by atoms with Gasteiger partial charge in [0.2, 0.25) is 0 Å². The highest BCUT2D eigenvalue weighted by atomic mass is 35.5. The zero-order valence-electron chi connectivity index (χ0n) is 13.6. The van der Waals surface area contributed by atoms with Crippen LogP contribution < -0.4 is 10.6 Å². The maximum absolute atomic E-state index is 9.51. The van der Waals surface area contributed by atoms with Gasteiger partial charge in [-0.25, -0.2) is 4.99 Å². The molecule has 0 aliphatic heterocycles. The normalized spacial score (nSPS) is 11.6. The Morgan fingerprint density at radius 1 is 1.22 bits per heavy atom. The van der Waals surface area contributed by atoms with E-state index >= 15 is 0 Å². The fourth-order valence-electron chi connectivity index (χ4n) is 2.10. The SMILES string of the molecule is Cc1cc(O)ccc1NC(=NCc1ccccc1Cl)NC(C)C. The van der Waals surface area contributed by atoms with Crippen LogP contribution >= 0.6 is 11.6 Å². The standard InChI is InChI=1S/C18H22ClN3O/c1-12(2)21-18(20-11-14-6-4-5-7-16(14)19)22-17-9-8-15(23)10-13(17)3/h4-10,12,23H,11H2,1-3H3,(H2,20,21,22). The largest absolute Gasteiger partial charge is 0.508 e. The Morgan fingerprint density at radius 3 is 2.61 bits per heavy atom. The number of hydrogen-bond acceptors (Lipinski definition) is 2. The Labute approximate surface area is 142 Å². The number of phenols is 1. The van der Waals surface area contributed by atoms with Crippen molar-refractivity contribution in [1.29, 1.82) is 0 Å². The molecule has 4 nitrogen and oxygen atoms in total. The molecule has 0 spiro atoms. The number of anilines is 1. The number of benzene rings is 2. The van der Waals surface area contributed by atoms with Gasteiger partial charge in [-0.1, -0.05) is 29.8 Å². The van der Waals surface area contributed by atoms with Gasteiger partial charge in [0, 0.05) is 16.8 Å². The Kier molecular flexibility index (Phi) is 5.88. The van der Waals surface area contributed by atoms with Gasteiger partial charge in [-0.05, 0) is 56.2 Å². The summed E-state index contributed by atoms with van der Waals surface area (Å²) in [6, 6.07) is 13.1. The van der Waals surface area contributed by atoms with Crippen LogP contribution in [0, 0.1) is 6.92 Å². The van der Waals surface area contributed by atoms with Crippen molar-refractivity contribution in [3.8, 4) is 5.75 Å². The first-order chi connectivity index (χ1) is 11.0. The lowest BCUT2D eigenvalue weighted by atomic mass is 10.2.